The number of likely N-dealkylation sites (N-methyl/N-ethyl adjacent to an activating group) is 1. The van der Waals surface area contributed by atoms with E-state index in [1.54, 1.807) is 24.3 Å². The Labute approximate surface area is 160 Å². The molecule has 0 saturated carbocycles. The van der Waals surface area contributed by atoms with Gasteiger partial charge in [0.1, 0.15) is 0 Å². The third kappa shape index (κ3) is 5.01. The van der Waals surface area contributed by atoms with Crippen LogP contribution in [0.15, 0.2) is 36.4 Å². The van der Waals surface area contributed by atoms with Crippen LogP contribution in [0.2, 0.25) is 15.1 Å². The summed E-state index contributed by atoms with van der Waals surface area (Å²) in [4.78, 5) is 25.8. The van der Waals surface area contributed by atoms with Crippen molar-refractivity contribution < 1.29 is 14.3 Å². The molecule has 0 aliphatic heterocycles. The van der Waals surface area contributed by atoms with Crippen LogP contribution in [-0.2, 0) is 4.79 Å². The number of carbonyl (C=O) groups excluding carboxylic acids is 2. The number of halogens is 3. The van der Waals surface area contributed by atoms with E-state index in [2.05, 4.69) is 5.32 Å². The lowest BCUT2D eigenvalue weighted by atomic mass is 10.2. The summed E-state index contributed by atoms with van der Waals surface area (Å²) in [6.45, 7) is -0.146. The van der Waals surface area contributed by atoms with Gasteiger partial charge in [-0.2, -0.15) is 0 Å². The van der Waals surface area contributed by atoms with Crippen LogP contribution < -0.4 is 10.1 Å². The van der Waals surface area contributed by atoms with Crippen LogP contribution in [0.5, 0.6) is 5.75 Å². The van der Waals surface area contributed by atoms with Crippen molar-refractivity contribution in [3.63, 3.8) is 0 Å². The van der Waals surface area contributed by atoms with Gasteiger partial charge < -0.3 is 15.0 Å². The number of nitrogens with one attached hydrogen (secondary N) is 1. The Kier molecular flexibility index (Phi) is 6.53. The van der Waals surface area contributed by atoms with Gasteiger partial charge >= 0.3 is 0 Å². The van der Waals surface area contributed by atoms with Crippen LogP contribution in [0, 0.1) is 0 Å². The quantitative estimate of drug-likeness (QED) is 0.809. The van der Waals surface area contributed by atoms with Crippen molar-refractivity contribution in [1.29, 1.82) is 0 Å². The fourth-order valence-corrected chi connectivity index (χ4v) is 2.98. The fourth-order valence-electron chi connectivity index (χ4n) is 2.15. The van der Waals surface area contributed by atoms with Crippen LogP contribution >= 0.6 is 34.8 Å². The Balaban J connectivity index is 2.06. The molecule has 2 amide bonds. The Bertz CT molecular complexity index is 788. The normalized spacial score (nSPS) is 10.3. The summed E-state index contributed by atoms with van der Waals surface area (Å²) in [5.74, 6) is -0.460. The molecule has 2 rings (SSSR count). The van der Waals surface area contributed by atoms with Gasteiger partial charge in [-0.15, -0.1) is 0 Å². The van der Waals surface area contributed by atoms with E-state index in [4.69, 9.17) is 39.5 Å². The minimum absolute atomic E-state index is 0.146. The maximum Gasteiger partial charge on any atom is 0.254 e. The maximum atomic E-state index is 12.5. The van der Waals surface area contributed by atoms with Crippen molar-refractivity contribution in [2.45, 2.75) is 0 Å². The molecule has 2 aromatic carbocycles. The SMILES string of the molecule is COc1c(Cl)cc(C(=O)N(C)CC(=O)Nc2cccc(Cl)c2)cc1Cl. The molecule has 8 heteroatoms. The predicted octanol–water partition coefficient (Wildman–Crippen LogP) is 4.37. The first kappa shape index (κ1) is 19.4. The van der Waals surface area contributed by atoms with E-state index in [1.165, 1.54) is 31.2 Å². The van der Waals surface area contributed by atoms with E-state index >= 15 is 0 Å². The molecule has 0 saturated heterocycles. The highest BCUT2D eigenvalue weighted by molar-refractivity contribution is 6.37. The zero-order valence-electron chi connectivity index (χ0n) is 13.5. The summed E-state index contributed by atoms with van der Waals surface area (Å²) >= 11 is 17.9. The number of ether oxygens (including phenoxy) is 1. The number of nitrogens with zero attached hydrogens (tertiary/aromatic N) is 1. The van der Waals surface area contributed by atoms with Crippen molar-refractivity contribution in [3.05, 3.63) is 57.0 Å². The third-order valence-corrected chi connectivity index (χ3v) is 4.08. The number of hydrogen-bond donors (Lipinski definition) is 1. The van der Waals surface area contributed by atoms with Gasteiger partial charge in [0, 0.05) is 23.3 Å². The van der Waals surface area contributed by atoms with Gasteiger partial charge in [-0.1, -0.05) is 40.9 Å². The minimum atomic E-state index is -0.396. The maximum absolute atomic E-state index is 12.5. The average Bonchev–Trinajstić information content (AvgIpc) is 2.53. The second-order valence-electron chi connectivity index (χ2n) is 5.19. The Morgan fingerprint density at radius 2 is 1.76 bits per heavy atom. The van der Waals surface area contributed by atoms with Crippen LogP contribution in [0.3, 0.4) is 0 Å². The van der Waals surface area contributed by atoms with Crippen LogP contribution in [0.1, 0.15) is 10.4 Å². The Morgan fingerprint density at radius 1 is 1.12 bits per heavy atom. The van der Waals surface area contributed by atoms with Gasteiger partial charge in [-0.05, 0) is 30.3 Å². The molecule has 0 radical (unpaired) electrons. The molecule has 0 unspecified atom stereocenters. The smallest absolute Gasteiger partial charge is 0.254 e. The number of methoxy groups -OCH3 is 1. The summed E-state index contributed by atoms with van der Waals surface area (Å²) in [7, 11) is 2.94. The first-order valence-corrected chi connectivity index (χ1v) is 8.29. The second kappa shape index (κ2) is 8.43. The lowest BCUT2D eigenvalue weighted by Crippen LogP contribution is -2.34. The monoisotopic (exact) mass is 400 g/mol. The van der Waals surface area contributed by atoms with Gasteiger partial charge in [-0.25, -0.2) is 0 Å². The number of benzene rings is 2. The molecule has 0 aliphatic rings. The van der Waals surface area contributed by atoms with E-state index < -0.39 is 5.91 Å². The largest absolute Gasteiger partial charge is 0.494 e. The molecule has 1 N–H and O–H groups in total. The molecule has 25 heavy (non-hydrogen) atoms. The highest BCUT2D eigenvalue weighted by Gasteiger charge is 2.18. The molecule has 5 nitrogen and oxygen atoms in total. The second-order valence-corrected chi connectivity index (χ2v) is 6.44. The molecule has 0 heterocycles. The average molecular weight is 402 g/mol. The minimum Gasteiger partial charge on any atom is -0.494 e. The molecule has 2 aromatic rings. The van der Waals surface area contributed by atoms with Gasteiger partial charge in [0.15, 0.2) is 5.75 Å². The molecule has 132 valence electrons. The topological polar surface area (TPSA) is 58.6 Å². The van der Waals surface area contributed by atoms with Crippen molar-refractivity contribution >= 4 is 52.3 Å². The summed E-state index contributed by atoms with van der Waals surface area (Å²) in [6, 6.07) is 9.62. The Hall–Kier alpha value is -1.95. The molecule has 0 atom stereocenters. The van der Waals surface area contributed by atoms with E-state index in [9.17, 15) is 9.59 Å². The standard InChI is InChI=1S/C17H15Cl3N2O3/c1-22(9-15(23)21-12-5-3-4-11(18)8-12)17(24)10-6-13(19)16(25-2)14(20)7-10/h3-8H,9H2,1-2H3,(H,21,23). The molecule has 0 fully saturated rings. The van der Waals surface area contributed by atoms with Crippen LogP contribution in [0.25, 0.3) is 0 Å². The van der Waals surface area contributed by atoms with Gasteiger partial charge in [0.2, 0.25) is 5.91 Å². The number of hydrogen-bond acceptors (Lipinski definition) is 3. The molecule has 0 aliphatic carbocycles. The molecule has 0 bridgehead atoms. The fraction of sp³-hybridized carbons (Fsp3) is 0.176. The van der Waals surface area contributed by atoms with Gasteiger partial charge in [0.25, 0.3) is 5.91 Å². The zero-order valence-corrected chi connectivity index (χ0v) is 15.7. The lowest BCUT2D eigenvalue weighted by molar-refractivity contribution is -0.116. The number of carbonyl (C=O) groups is 2. The van der Waals surface area contributed by atoms with Crippen molar-refractivity contribution in [2.75, 3.05) is 26.0 Å². The molecular weight excluding hydrogens is 387 g/mol. The van der Waals surface area contributed by atoms with Crippen molar-refractivity contribution in [2.24, 2.45) is 0 Å². The lowest BCUT2D eigenvalue weighted by Gasteiger charge is -2.18. The van der Waals surface area contributed by atoms with Crippen molar-refractivity contribution in [1.82, 2.24) is 4.90 Å². The summed E-state index contributed by atoms with van der Waals surface area (Å²) in [5, 5.41) is 3.61. The van der Waals surface area contributed by atoms with E-state index in [1.807, 2.05) is 0 Å². The van der Waals surface area contributed by atoms with Crippen LogP contribution in [-0.4, -0.2) is 37.4 Å². The Morgan fingerprint density at radius 3 is 2.32 bits per heavy atom. The molecule has 0 aromatic heterocycles. The predicted molar refractivity (Wildman–Crippen MR) is 100 cm³/mol. The first-order valence-electron chi connectivity index (χ1n) is 7.15. The number of anilines is 1. The summed E-state index contributed by atoms with van der Waals surface area (Å²) in [6.07, 6.45) is 0. The van der Waals surface area contributed by atoms with E-state index in [0.29, 0.717) is 16.5 Å². The highest BCUT2D eigenvalue weighted by Crippen LogP contribution is 2.34. The first-order chi connectivity index (χ1) is 11.8. The van der Waals surface area contributed by atoms with E-state index in [-0.39, 0.29) is 28.1 Å². The zero-order chi connectivity index (χ0) is 18.6. The van der Waals surface area contributed by atoms with Gasteiger partial charge in [0.05, 0.1) is 23.7 Å². The number of amides is 2. The summed E-state index contributed by atoms with van der Waals surface area (Å²) < 4.78 is 5.05. The number of rotatable bonds is 5. The van der Waals surface area contributed by atoms with Gasteiger partial charge in [-0.3, -0.25) is 9.59 Å². The highest BCUT2D eigenvalue weighted by atomic mass is 35.5. The van der Waals surface area contributed by atoms with Crippen molar-refractivity contribution in [3.8, 4) is 5.75 Å². The third-order valence-electron chi connectivity index (χ3n) is 3.29. The van der Waals surface area contributed by atoms with E-state index in [0.717, 1.165) is 0 Å². The summed E-state index contributed by atoms with van der Waals surface area (Å²) in [5.41, 5.74) is 0.808. The molecule has 0 spiro atoms. The molecular formula is C17H15Cl3N2O3. The van der Waals surface area contributed by atoms with Crippen LogP contribution in [0.4, 0.5) is 5.69 Å².